The quantitative estimate of drug-likeness (QED) is 0.822. The summed E-state index contributed by atoms with van der Waals surface area (Å²) in [5.74, 6) is 0.204. The van der Waals surface area contributed by atoms with Crippen molar-refractivity contribution < 1.29 is 4.79 Å². The van der Waals surface area contributed by atoms with Gasteiger partial charge in [-0.15, -0.1) is 0 Å². The van der Waals surface area contributed by atoms with Crippen molar-refractivity contribution in [1.29, 1.82) is 0 Å². The molecule has 2 N–H and O–H groups in total. The van der Waals surface area contributed by atoms with E-state index in [2.05, 4.69) is 6.92 Å². The summed E-state index contributed by atoms with van der Waals surface area (Å²) in [6, 6.07) is 7.89. The van der Waals surface area contributed by atoms with Gasteiger partial charge in [0.15, 0.2) is 0 Å². The Bertz CT molecular complexity index is 346. The minimum absolute atomic E-state index is 0.204. The van der Waals surface area contributed by atoms with Gasteiger partial charge in [-0.2, -0.15) is 0 Å². The second kappa shape index (κ2) is 7.07. The second-order valence-electron chi connectivity index (χ2n) is 4.11. The van der Waals surface area contributed by atoms with Gasteiger partial charge in [-0.3, -0.25) is 4.79 Å². The molecule has 94 valence electrons. The Morgan fingerprint density at radius 2 is 1.88 bits per heavy atom. The van der Waals surface area contributed by atoms with Gasteiger partial charge in [-0.25, -0.2) is 0 Å². The van der Waals surface area contributed by atoms with Crippen LogP contribution in [0.1, 0.15) is 38.7 Å². The van der Waals surface area contributed by atoms with Crippen LogP contribution >= 0.6 is 0 Å². The average molecular weight is 234 g/mol. The molecule has 3 heteroatoms. The van der Waals surface area contributed by atoms with Gasteiger partial charge in [0, 0.05) is 25.2 Å². The number of nitrogens with zero attached hydrogens (tertiary/aromatic N) is 1. The molecule has 0 aromatic heterocycles. The Morgan fingerprint density at radius 3 is 2.35 bits per heavy atom. The van der Waals surface area contributed by atoms with Crippen LogP contribution in [0, 0.1) is 0 Å². The SMILES string of the molecule is CCCCC(=O)N(CC)c1ccc(CN)cc1. The first-order valence-electron chi connectivity index (χ1n) is 6.32. The van der Waals surface area contributed by atoms with Crippen molar-refractivity contribution in [1.82, 2.24) is 0 Å². The van der Waals surface area contributed by atoms with E-state index in [0.29, 0.717) is 19.5 Å². The second-order valence-corrected chi connectivity index (χ2v) is 4.11. The lowest BCUT2D eigenvalue weighted by molar-refractivity contribution is -0.118. The summed E-state index contributed by atoms with van der Waals surface area (Å²) in [7, 11) is 0. The fraction of sp³-hybridized carbons (Fsp3) is 0.500. The van der Waals surface area contributed by atoms with Crippen LogP contribution < -0.4 is 10.6 Å². The third-order valence-electron chi connectivity index (χ3n) is 2.85. The van der Waals surface area contributed by atoms with Crippen molar-refractivity contribution in [2.75, 3.05) is 11.4 Å². The Morgan fingerprint density at radius 1 is 1.24 bits per heavy atom. The predicted octanol–water partition coefficient (Wildman–Crippen LogP) is 2.69. The summed E-state index contributed by atoms with van der Waals surface area (Å²) in [5.41, 5.74) is 7.61. The molecule has 0 saturated heterocycles. The molecule has 0 unspecified atom stereocenters. The Kier molecular flexibility index (Phi) is 5.70. The van der Waals surface area contributed by atoms with E-state index < -0.39 is 0 Å². The maximum absolute atomic E-state index is 12.0. The van der Waals surface area contributed by atoms with Gasteiger partial charge < -0.3 is 10.6 Å². The molecule has 17 heavy (non-hydrogen) atoms. The van der Waals surface area contributed by atoms with Crippen LogP contribution in [-0.4, -0.2) is 12.5 Å². The summed E-state index contributed by atoms with van der Waals surface area (Å²) in [6.07, 6.45) is 2.63. The first kappa shape index (κ1) is 13.7. The molecule has 3 nitrogen and oxygen atoms in total. The molecule has 0 aliphatic heterocycles. The standard InChI is InChI=1S/C14H22N2O/c1-3-5-6-14(17)16(4-2)13-9-7-12(11-15)8-10-13/h7-10H,3-6,11,15H2,1-2H3. The highest BCUT2D eigenvalue weighted by Crippen LogP contribution is 2.16. The van der Waals surface area contributed by atoms with Gasteiger partial charge in [0.1, 0.15) is 0 Å². The van der Waals surface area contributed by atoms with Gasteiger partial charge in [0.25, 0.3) is 0 Å². The number of rotatable bonds is 6. The molecule has 0 saturated carbocycles. The molecule has 0 heterocycles. The highest BCUT2D eigenvalue weighted by atomic mass is 16.2. The molecule has 1 aromatic rings. The minimum Gasteiger partial charge on any atom is -0.326 e. The van der Waals surface area contributed by atoms with Crippen molar-refractivity contribution >= 4 is 11.6 Å². The van der Waals surface area contributed by atoms with E-state index in [9.17, 15) is 4.79 Å². The summed E-state index contributed by atoms with van der Waals surface area (Å²) in [4.78, 5) is 13.8. The van der Waals surface area contributed by atoms with Gasteiger partial charge >= 0.3 is 0 Å². The molecule has 0 fully saturated rings. The fourth-order valence-corrected chi connectivity index (χ4v) is 1.78. The number of nitrogens with two attached hydrogens (primary N) is 1. The van der Waals surface area contributed by atoms with Crippen molar-refractivity contribution in [3.05, 3.63) is 29.8 Å². The van der Waals surface area contributed by atoms with E-state index in [0.717, 1.165) is 24.1 Å². The third-order valence-corrected chi connectivity index (χ3v) is 2.85. The highest BCUT2D eigenvalue weighted by molar-refractivity contribution is 5.93. The van der Waals surface area contributed by atoms with Crippen LogP contribution in [0.25, 0.3) is 0 Å². The monoisotopic (exact) mass is 234 g/mol. The molecule has 1 aromatic carbocycles. The van der Waals surface area contributed by atoms with E-state index in [1.54, 1.807) is 0 Å². The van der Waals surface area contributed by atoms with Crippen molar-refractivity contribution in [3.63, 3.8) is 0 Å². The minimum atomic E-state index is 0.204. The van der Waals surface area contributed by atoms with E-state index in [1.165, 1.54) is 0 Å². The highest BCUT2D eigenvalue weighted by Gasteiger charge is 2.12. The summed E-state index contributed by atoms with van der Waals surface area (Å²) < 4.78 is 0. The number of carbonyl (C=O) groups is 1. The lowest BCUT2D eigenvalue weighted by Crippen LogP contribution is -2.30. The van der Waals surface area contributed by atoms with E-state index in [-0.39, 0.29) is 5.91 Å². The molecular formula is C14H22N2O. The molecule has 0 spiro atoms. The largest absolute Gasteiger partial charge is 0.326 e. The number of unbranched alkanes of at least 4 members (excludes halogenated alkanes) is 1. The van der Waals surface area contributed by atoms with Gasteiger partial charge in [0.2, 0.25) is 5.91 Å². The summed E-state index contributed by atoms with van der Waals surface area (Å²) in [6.45, 7) is 5.35. The van der Waals surface area contributed by atoms with E-state index in [4.69, 9.17) is 5.73 Å². The number of anilines is 1. The van der Waals surface area contributed by atoms with Crippen LogP contribution in [0.2, 0.25) is 0 Å². The molecular weight excluding hydrogens is 212 g/mol. The van der Waals surface area contributed by atoms with Crippen LogP contribution in [-0.2, 0) is 11.3 Å². The molecule has 0 atom stereocenters. The number of carbonyl (C=O) groups excluding carboxylic acids is 1. The zero-order chi connectivity index (χ0) is 12.7. The van der Waals surface area contributed by atoms with Crippen LogP contribution in [0.3, 0.4) is 0 Å². The van der Waals surface area contributed by atoms with Crippen LogP contribution in [0.4, 0.5) is 5.69 Å². The molecule has 0 aliphatic rings. The Balaban J connectivity index is 2.74. The summed E-state index contributed by atoms with van der Waals surface area (Å²) in [5, 5.41) is 0. The normalized spacial score (nSPS) is 10.3. The Labute approximate surface area is 104 Å². The lowest BCUT2D eigenvalue weighted by Gasteiger charge is -2.21. The summed E-state index contributed by atoms with van der Waals surface area (Å²) >= 11 is 0. The molecule has 0 bridgehead atoms. The van der Waals surface area contributed by atoms with Crippen LogP contribution in [0.15, 0.2) is 24.3 Å². The molecule has 0 radical (unpaired) electrons. The zero-order valence-corrected chi connectivity index (χ0v) is 10.8. The average Bonchev–Trinajstić information content (AvgIpc) is 2.38. The lowest BCUT2D eigenvalue weighted by atomic mass is 10.1. The third kappa shape index (κ3) is 3.86. The fourth-order valence-electron chi connectivity index (χ4n) is 1.78. The first-order valence-corrected chi connectivity index (χ1v) is 6.32. The van der Waals surface area contributed by atoms with Crippen molar-refractivity contribution in [2.24, 2.45) is 5.73 Å². The topological polar surface area (TPSA) is 46.3 Å². The molecule has 0 aliphatic carbocycles. The number of amides is 1. The maximum atomic E-state index is 12.0. The number of hydrogen-bond donors (Lipinski definition) is 1. The van der Waals surface area contributed by atoms with Gasteiger partial charge in [-0.1, -0.05) is 25.5 Å². The van der Waals surface area contributed by atoms with E-state index in [1.807, 2.05) is 36.1 Å². The van der Waals surface area contributed by atoms with Crippen LogP contribution in [0.5, 0.6) is 0 Å². The number of hydrogen-bond acceptors (Lipinski definition) is 2. The van der Waals surface area contributed by atoms with Gasteiger partial charge in [0.05, 0.1) is 0 Å². The van der Waals surface area contributed by atoms with Gasteiger partial charge in [-0.05, 0) is 31.0 Å². The number of benzene rings is 1. The van der Waals surface area contributed by atoms with Crippen molar-refractivity contribution in [2.45, 2.75) is 39.7 Å². The Hall–Kier alpha value is -1.35. The first-order chi connectivity index (χ1) is 8.22. The molecule has 1 amide bonds. The zero-order valence-electron chi connectivity index (χ0n) is 10.8. The predicted molar refractivity (Wildman–Crippen MR) is 71.9 cm³/mol. The van der Waals surface area contributed by atoms with Crippen molar-refractivity contribution in [3.8, 4) is 0 Å². The maximum Gasteiger partial charge on any atom is 0.226 e. The van der Waals surface area contributed by atoms with E-state index >= 15 is 0 Å². The smallest absolute Gasteiger partial charge is 0.226 e. The molecule has 1 rings (SSSR count).